The van der Waals surface area contributed by atoms with Crippen molar-refractivity contribution >= 4 is 35.5 Å². The molecule has 104 valence electrons. The molecular formula is C11H20N2O3S2. The highest BCUT2D eigenvalue weighted by Gasteiger charge is 2.41. The Morgan fingerprint density at radius 3 is 2.72 bits per heavy atom. The van der Waals surface area contributed by atoms with Crippen molar-refractivity contribution in [1.82, 2.24) is 9.80 Å². The minimum absolute atomic E-state index is 0.0810. The van der Waals surface area contributed by atoms with E-state index < -0.39 is 12.0 Å². The normalized spacial score (nSPS) is 25.0. The summed E-state index contributed by atoms with van der Waals surface area (Å²) >= 11 is 3.18. The highest BCUT2D eigenvalue weighted by atomic mass is 32.2. The maximum absolute atomic E-state index is 12.4. The molecule has 0 spiro atoms. The Bertz CT molecular complexity index is 327. The number of hydrogen-bond donors (Lipinski definition) is 1. The lowest BCUT2D eigenvalue weighted by Crippen LogP contribution is -2.52. The van der Waals surface area contributed by atoms with E-state index in [0.717, 1.165) is 5.75 Å². The van der Waals surface area contributed by atoms with E-state index in [9.17, 15) is 9.59 Å². The molecule has 0 aromatic carbocycles. The summed E-state index contributed by atoms with van der Waals surface area (Å²) in [5.41, 5.74) is 0. The first-order valence-electron chi connectivity index (χ1n) is 5.78. The summed E-state index contributed by atoms with van der Waals surface area (Å²) in [5, 5.41) is 9.06. The second kappa shape index (κ2) is 6.56. The van der Waals surface area contributed by atoms with Gasteiger partial charge in [-0.05, 0) is 20.1 Å². The van der Waals surface area contributed by atoms with Crippen molar-refractivity contribution < 1.29 is 14.7 Å². The average Bonchev–Trinajstić information content (AvgIpc) is 2.69. The van der Waals surface area contributed by atoms with Crippen LogP contribution in [0, 0.1) is 0 Å². The molecule has 0 aliphatic carbocycles. The summed E-state index contributed by atoms with van der Waals surface area (Å²) in [4.78, 5) is 26.6. The number of carboxylic acids is 1. The topological polar surface area (TPSA) is 60.9 Å². The molecule has 0 radical (unpaired) electrons. The molecule has 0 aromatic rings. The van der Waals surface area contributed by atoms with Gasteiger partial charge in [0.25, 0.3) is 0 Å². The van der Waals surface area contributed by atoms with Gasteiger partial charge in [-0.25, -0.2) is 9.59 Å². The fraction of sp³-hybridized carbons (Fsp3) is 0.818. The molecule has 5 nitrogen and oxygen atoms in total. The molecule has 1 heterocycles. The van der Waals surface area contributed by atoms with Crippen LogP contribution in [0.3, 0.4) is 0 Å². The van der Waals surface area contributed by atoms with Crippen LogP contribution in [0.1, 0.15) is 13.8 Å². The average molecular weight is 292 g/mol. The summed E-state index contributed by atoms with van der Waals surface area (Å²) in [7, 11) is 1.73. The Balaban J connectivity index is 2.77. The number of hydrogen-bond acceptors (Lipinski definition) is 4. The number of urea groups is 1. The van der Waals surface area contributed by atoms with E-state index in [2.05, 4.69) is 0 Å². The van der Waals surface area contributed by atoms with Crippen LogP contribution in [0.5, 0.6) is 0 Å². The molecule has 0 saturated carbocycles. The number of nitrogens with zero attached hydrogens (tertiary/aromatic N) is 2. The van der Waals surface area contributed by atoms with Gasteiger partial charge in [0, 0.05) is 24.6 Å². The molecule has 0 aromatic heterocycles. The fourth-order valence-corrected chi connectivity index (χ4v) is 3.71. The van der Waals surface area contributed by atoms with Crippen molar-refractivity contribution in [2.24, 2.45) is 0 Å². The zero-order valence-corrected chi connectivity index (χ0v) is 12.8. The van der Waals surface area contributed by atoms with Crippen LogP contribution < -0.4 is 0 Å². The molecular weight excluding hydrogens is 272 g/mol. The third kappa shape index (κ3) is 3.26. The minimum Gasteiger partial charge on any atom is -0.480 e. The molecule has 1 N–H and O–H groups in total. The molecule has 1 aliphatic rings. The molecule has 2 amide bonds. The highest BCUT2D eigenvalue weighted by molar-refractivity contribution is 8.00. The SMILES string of the molecule is CSCC(C)N(C)C(=O)N1C(C)SCC1C(=O)O. The third-order valence-corrected chi connectivity index (χ3v) is 5.13. The Morgan fingerprint density at radius 1 is 1.61 bits per heavy atom. The number of carbonyl (C=O) groups is 2. The van der Waals surface area contributed by atoms with E-state index in [-0.39, 0.29) is 17.4 Å². The lowest BCUT2D eigenvalue weighted by Gasteiger charge is -2.33. The van der Waals surface area contributed by atoms with Crippen LogP contribution in [0.15, 0.2) is 0 Å². The first-order valence-corrected chi connectivity index (χ1v) is 8.22. The van der Waals surface area contributed by atoms with E-state index in [0.29, 0.717) is 5.75 Å². The van der Waals surface area contributed by atoms with Crippen molar-refractivity contribution in [2.45, 2.75) is 31.3 Å². The van der Waals surface area contributed by atoms with Gasteiger partial charge < -0.3 is 10.0 Å². The molecule has 18 heavy (non-hydrogen) atoms. The summed E-state index contributed by atoms with van der Waals surface area (Å²) in [6, 6.07) is -0.803. The van der Waals surface area contributed by atoms with Gasteiger partial charge in [0.1, 0.15) is 6.04 Å². The molecule has 3 atom stereocenters. The van der Waals surface area contributed by atoms with Crippen molar-refractivity contribution in [2.75, 3.05) is 24.8 Å². The zero-order valence-electron chi connectivity index (χ0n) is 11.1. The second-order valence-electron chi connectivity index (χ2n) is 4.39. The Hall–Kier alpha value is -0.560. The zero-order chi connectivity index (χ0) is 13.9. The predicted octanol–water partition coefficient (Wildman–Crippen LogP) is 1.64. The Labute approximate surface area is 116 Å². The Kier molecular flexibility index (Phi) is 5.65. The van der Waals surface area contributed by atoms with Crippen LogP contribution in [-0.2, 0) is 4.79 Å². The van der Waals surface area contributed by atoms with Gasteiger partial charge in [-0.3, -0.25) is 4.90 Å². The van der Waals surface area contributed by atoms with E-state index in [1.165, 1.54) is 16.7 Å². The number of rotatable bonds is 4. The standard InChI is InChI=1S/C11H20N2O3S2/c1-7(5-17-4)12(3)11(16)13-8(2)18-6-9(13)10(14)15/h7-9H,5-6H2,1-4H3,(H,14,15). The van der Waals surface area contributed by atoms with Gasteiger partial charge >= 0.3 is 12.0 Å². The quantitative estimate of drug-likeness (QED) is 0.853. The summed E-state index contributed by atoms with van der Waals surface area (Å²) in [6.07, 6.45) is 1.99. The monoisotopic (exact) mass is 292 g/mol. The molecule has 7 heteroatoms. The number of carbonyl (C=O) groups excluding carboxylic acids is 1. The van der Waals surface area contributed by atoms with Crippen molar-refractivity contribution in [3.05, 3.63) is 0 Å². The Morgan fingerprint density at radius 2 is 2.22 bits per heavy atom. The largest absolute Gasteiger partial charge is 0.480 e. The van der Waals surface area contributed by atoms with Crippen LogP contribution >= 0.6 is 23.5 Å². The van der Waals surface area contributed by atoms with Crippen LogP contribution in [0.4, 0.5) is 4.79 Å². The van der Waals surface area contributed by atoms with E-state index in [1.54, 1.807) is 23.7 Å². The van der Waals surface area contributed by atoms with E-state index >= 15 is 0 Å². The van der Waals surface area contributed by atoms with Crippen molar-refractivity contribution in [1.29, 1.82) is 0 Å². The highest BCUT2D eigenvalue weighted by Crippen LogP contribution is 2.30. The predicted molar refractivity (Wildman–Crippen MR) is 76.2 cm³/mol. The lowest BCUT2D eigenvalue weighted by molar-refractivity contribution is -0.141. The van der Waals surface area contributed by atoms with Gasteiger partial charge in [0.15, 0.2) is 0 Å². The van der Waals surface area contributed by atoms with Gasteiger partial charge in [-0.15, -0.1) is 11.8 Å². The first kappa shape index (κ1) is 15.5. The maximum Gasteiger partial charge on any atom is 0.327 e. The fourth-order valence-electron chi connectivity index (χ4n) is 1.85. The number of thioether (sulfide) groups is 2. The van der Waals surface area contributed by atoms with Gasteiger partial charge in [-0.1, -0.05) is 0 Å². The van der Waals surface area contributed by atoms with Crippen LogP contribution in [0.25, 0.3) is 0 Å². The molecule has 1 rings (SSSR count). The molecule has 3 unspecified atom stereocenters. The van der Waals surface area contributed by atoms with Crippen LogP contribution in [0.2, 0.25) is 0 Å². The molecule has 1 fully saturated rings. The number of amides is 2. The summed E-state index contributed by atoms with van der Waals surface area (Å²) in [6.45, 7) is 3.84. The minimum atomic E-state index is -0.925. The van der Waals surface area contributed by atoms with Gasteiger partial charge in [0.2, 0.25) is 0 Å². The number of aliphatic carboxylic acids is 1. The summed E-state index contributed by atoms with van der Waals surface area (Å²) in [5.74, 6) is 0.383. The molecule has 0 bridgehead atoms. The van der Waals surface area contributed by atoms with Gasteiger partial charge in [-0.2, -0.15) is 11.8 Å². The van der Waals surface area contributed by atoms with E-state index in [4.69, 9.17) is 5.11 Å². The van der Waals surface area contributed by atoms with E-state index in [1.807, 2.05) is 20.1 Å². The van der Waals surface area contributed by atoms with Crippen LogP contribution in [-0.4, -0.2) is 69.2 Å². The molecule has 1 aliphatic heterocycles. The van der Waals surface area contributed by atoms with Gasteiger partial charge in [0.05, 0.1) is 5.37 Å². The number of carboxylic acid groups (broad SMARTS) is 1. The smallest absolute Gasteiger partial charge is 0.327 e. The maximum atomic E-state index is 12.4. The van der Waals surface area contributed by atoms with Crippen molar-refractivity contribution in [3.63, 3.8) is 0 Å². The third-order valence-electron chi connectivity index (χ3n) is 3.10. The molecule has 1 saturated heterocycles. The lowest BCUT2D eigenvalue weighted by atomic mass is 10.3. The van der Waals surface area contributed by atoms with Crippen molar-refractivity contribution in [3.8, 4) is 0 Å². The second-order valence-corrected chi connectivity index (χ2v) is 6.65. The first-order chi connectivity index (χ1) is 8.40. The summed E-state index contributed by atoms with van der Waals surface area (Å²) < 4.78 is 0.